The number of aromatic nitrogens is 3. The normalized spacial score (nSPS) is 16.9. The molecule has 2 heterocycles. The van der Waals surface area contributed by atoms with Gasteiger partial charge in [-0.25, -0.2) is 4.68 Å². The highest BCUT2D eigenvalue weighted by molar-refractivity contribution is 5.93. The number of hydrogen-bond acceptors (Lipinski definition) is 4. The lowest BCUT2D eigenvalue weighted by Crippen LogP contribution is -2.29. The molecule has 0 aliphatic carbocycles. The van der Waals surface area contributed by atoms with E-state index >= 15 is 0 Å². The van der Waals surface area contributed by atoms with Gasteiger partial charge < -0.3 is 5.32 Å². The van der Waals surface area contributed by atoms with Crippen molar-refractivity contribution >= 4 is 5.78 Å². The smallest absolute Gasteiger partial charge is 0.185 e. The Labute approximate surface area is 101 Å². The SMILES string of the molecule is C=CCCC(=O)c1cn(C2CCNCC2)nn1. The summed E-state index contributed by atoms with van der Waals surface area (Å²) in [4.78, 5) is 11.7. The molecule has 1 aliphatic rings. The number of rotatable bonds is 5. The van der Waals surface area contributed by atoms with Crippen LogP contribution in [0.3, 0.4) is 0 Å². The Morgan fingerprint density at radius 1 is 1.59 bits per heavy atom. The van der Waals surface area contributed by atoms with Gasteiger partial charge in [-0.05, 0) is 32.4 Å². The molecule has 0 atom stereocenters. The molecule has 0 saturated carbocycles. The molecule has 1 aromatic heterocycles. The number of ketones is 1. The van der Waals surface area contributed by atoms with Crippen molar-refractivity contribution in [2.24, 2.45) is 0 Å². The zero-order valence-electron chi connectivity index (χ0n) is 9.93. The first kappa shape index (κ1) is 12.0. The maximum atomic E-state index is 11.7. The fraction of sp³-hybridized carbons (Fsp3) is 0.583. The van der Waals surface area contributed by atoms with E-state index in [1.807, 2.05) is 4.68 Å². The van der Waals surface area contributed by atoms with E-state index in [-0.39, 0.29) is 5.78 Å². The van der Waals surface area contributed by atoms with Crippen LogP contribution in [0.1, 0.15) is 42.2 Å². The number of nitrogens with zero attached hydrogens (tertiary/aromatic N) is 3. The van der Waals surface area contributed by atoms with Crippen LogP contribution in [0, 0.1) is 0 Å². The van der Waals surface area contributed by atoms with Crippen LogP contribution in [0.4, 0.5) is 0 Å². The Morgan fingerprint density at radius 3 is 3.06 bits per heavy atom. The Kier molecular flexibility index (Phi) is 4.03. The van der Waals surface area contributed by atoms with Gasteiger partial charge in [0.05, 0.1) is 12.2 Å². The number of hydrogen-bond donors (Lipinski definition) is 1. The lowest BCUT2D eigenvalue weighted by atomic mass is 10.1. The number of piperidine rings is 1. The molecule has 92 valence electrons. The van der Waals surface area contributed by atoms with Crippen molar-refractivity contribution in [1.82, 2.24) is 20.3 Å². The molecule has 1 N–H and O–H groups in total. The van der Waals surface area contributed by atoms with E-state index in [4.69, 9.17) is 0 Å². The molecule has 0 unspecified atom stereocenters. The quantitative estimate of drug-likeness (QED) is 0.617. The van der Waals surface area contributed by atoms with Gasteiger partial charge in [0, 0.05) is 6.42 Å². The number of carbonyl (C=O) groups excluding carboxylic acids is 1. The summed E-state index contributed by atoms with van der Waals surface area (Å²) in [5.41, 5.74) is 0.477. The van der Waals surface area contributed by atoms with Crippen LogP contribution in [0.25, 0.3) is 0 Å². The summed E-state index contributed by atoms with van der Waals surface area (Å²) in [6, 6.07) is 0.379. The minimum absolute atomic E-state index is 0.0464. The molecule has 17 heavy (non-hydrogen) atoms. The molecule has 1 saturated heterocycles. The number of Topliss-reactive ketones (excluding diaryl/α,β-unsaturated/α-hetero) is 1. The van der Waals surface area contributed by atoms with Crippen LogP contribution in [0.5, 0.6) is 0 Å². The van der Waals surface area contributed by atoms with Crippen molar-refractivity contribution in [3.8, 4) is 0 Å². The minimum Gasteiger partial charge on any atom is -0.317 e. The van der Waals surface area contributed by atoms with Gasteiger partial charge in [0.1, 0.15) is 5.69 Å². The third-order valence-corrected chi connectivity index (χ3v) is 3.05. The van der Waals surface area contributed by atoms with Crippen LogP contribution in [0.2, 0.25) is 0 Å². The minimum atomic E-state index is 0.0464. The molecule has 5 heteroatoms. The maximum Gasteiger partial charge on any atom is 0.185 e. The van der Waals surface area contributed by atoms with E-state index < -0.39 is 0 Å². The van der Waals surface area contributed by atoms with Gasteiger partial charge in [0.25, 0.3) is 0 Å². The van der Waals surface area contributed by atoms with E-state index in [9.17, 15) is 4.79 Å². The van der Waals surface area contributed by atoms with Gasteiger partial charge in [0.15, 0.2) is 5.78 Å². The van der Waals surface area contributed by atoms with Crippen molar-refractivity contribution in [2.75, 3.05) is 13.1 Å². The predicted octanol–water partition coefficient (Wildman–Crippen LogP) is 1.35. The second-order valence-corrected chi connectivity index (χ2v) is 4.32. The van der Waals surface area contributed by atoms with Crippen LogP contribution >= 0.6 is 0 Å². The predicted molar refractivity (Wildman–Crippen MR) is 64.9 cm³/mol. The second kappa shape index (κ2) is 5.72. The molecule has 0 aromatic carbocycles. The summed E-state index contributed by atoms with van der Waals surface area (Å²) in [6.45, 7) is 5.61. The lowest BCUT2D eigenvalue weighted by Gasteiger charge is -2.22. The highest BCUT2D eigenvalue weighted by atomic mass is 16.1. The van der Waals surface area contributed by atoms with E-state index in [0.29, 0.717) is 24.6 Å². The molecule has 5 nitrogen and oxygen atoms in total. The number of nitrogens with one attached hydrogen (secondary N) is 1. The first-order valence-electron chi connectivity index (χ1n) is 6.08. The largest absolute Gasteiger partial charge is 0.317 e. The molecule has 0 amide bonds. The van der Waals surface area contributed by atoms with E-state index in [1.165, 1.54) is 0 Å². The van der Waals surface area contributed by atoms with E-state index in [0.717, 1.165) is 25.9 Å². The molecule has 2 rings (SSSR count). The topological polar surface area (TPSA) is 59.8 Å². The van der Waals surface area contributed by atoms with Crippen molar-refractivity contribution in [3.63, 3.8) is 0 Å². The van der Waals surface area contributed by atoms with Crippen LogP contribution in [0.15, 0.2) is 18.9 Å². The fourth-order valence-corrected chi connectivity index (χ4v) is 2.02. The summed E-state index contributed by atoms with van der Waals surface area (Å²) in [6.07, 6.45) is 6.78. The first-order chi connectivity index (χ1) is 8.31. The van der Waals surface area contributed by atoms with Gasteiger partial charge in [-0.15, -0.1) is 11.7 Å². The molecular weight excluding hydrogens is 216 g/mol. The second-order valence-electron chi connectivity index (χ2n) is 4.32. The van der Waals surface area contributed by atoms with Gasteiger partial charge in [-0.2, -0.15) is 0 Å². The first-order valence-corrected chi connectivity index (χ1v) is 6.08. The van der Waals surface area contributed by atoms with E-state index in [2.05, 4.69) is 22.2 Å². The van der Waals surface area contributed by atoms with Crippen molar-refractivity contribution in [2.45, 2.75) is 31.7 Å². The third kappa shape index (κ3) is 3.00. The highest BCUT2D eigenvalue weighted by Crippen LogP contribution is 2.17. The van der Waals surface area contributed by atoms with Gasteiger partial charge in [-0.1, -0.05) is 11.3 Å². The zero-order valence-corrected chi connectivity index (χ0v) is 9.93. The molecule has 1 aliphatic heterocycles. The summed E-state index contributed by atoms with van der Waals surface area (Å²) in [5.74, 6) is 0.0464. The van der Waals surface area contributed by atoms with E-state index in [1.54, 1.807) is 12.3 Å². The Hall–Kier alpha value is -1.49. The molecular formula is C12H18N4O. The fourth-order valence-electron chi connectivity index (χ4n) is 2.02. The van der Waals surface area contributed by atoms with Crippen molar-refractivity contribution in [3.05, 3.63) is 24.5 Å². The molecule has 0 radical (unpaired) electrons. The average Bonchev–Trinajstić information content (AvgIpc) is 2.86. The molecule has 1 fully saturated rings. The third-order valence-electron chi connectivity index (χ3n) is 3.05. The van der Waals surface area contributed by atoms with Gasteiger partial charge in [-0.3, -0.25) is 4.79 Å². The van der Waals surface area contributed by atoms with Crippen LogP contribution in [-0.4, -0.2) is 33.9 Å². The molecule has 0 bridgehead atoms. The van der Waals surface area contributed by atoms with Crippen molar-refractivity contribution < 1.29 is 4.79 Å². The summed E-state index contributed by atoms with van der Waals surface area (Å²) < 4.78 is 1.84. The summed E-state index contributed by atoms with van der Waals surface area (Å²) in [7, 11) is 0. The van der Waals surface area contributed by atoms with Gasteiger partial charge in [0.2, 0.25) is 0 Å². The van der Waals surface area contributed by atoms with Crippen molar-refractivity contribution in [1.29, 1.82) is 0 Å². The van der Waals surface area contributed by atoms with Crippen LogP contribution in [-0.2, 0) is 0 Å². The highest BCUT2D eigenvalue weighted by Gasteiger charge is 2.18. The summed E-state index contributed by atoms with van der Waals surface area (Å²) in [5, 5.41) is 11.3. The Balaban J connectivity index is 1.99. The average molecular weight is 234 g/mol. The Morgan fingerprint density at radius 2 is 2.35 bits per heavy atom. The maximum absolute atomic E-state index is 11.7. The number of allylic oxidation sites excluding steroid dienone is 1. The summed E-state index contributed by atoms with van der Waals surface area (Å²) >= 11 is 0. The lowest BCUT2D eigenvalue weighted by molar-refractivity contribution is 0.0979. The standard InChI is InChI=1S/C12H18N4O/c1-2-3-4-12(17)11-9-16(15-14-11)10-5-7-13-8-6-10/h2,9-10,13H,1,3-8H2. The van der Waals surface area contributed by atoms with Crippen LogP contribution < -0.4 is 5.32 Å². The number of carbonyl (C=O) groups is 1. The molecule has 1 aromatic rings. The van der Waals surface area contributed by atoms with Gasteiger partial charge >= 0.3 is 0 Å². The molecule has 0 spiro atoms. The zero-order chi connectivity index (χ0) is 12.1. The Bertz CT molecular complexity index is 393. The monoisotopic (exact) mass is 234 g/mol.